The molecule has 2 heteroatoms. The Balaban J connectivity index is 2.35. The summed E-state index contributed by atoms with van der Waals surface area (Å²) in [4.78, 5) is 2.48. The maximum absolute atomic E-state index is 5.88. The number of rotatable bonds is 5. The van der Waals surface area contributed by atoms with Crippen molar-refractivity contribution in [2.75, 3.05) is 19.6 Å². The number of piperidine rings is 1. The van der Waals surface area contributed by atoms with E-state index in [1.807, 2.05) is 6.08 Å². The van der Waals surface area contributed by atoms with Crippen molar-refractivity contribution in [2.45, 2.75) is 38.6 Å². The van der Waals surface area contributed by atoms with Crippen LogP contribution in [-0.2, 0) is 0 Å². The smallest absolute Gasteiger partial charge is 0.0230 e. The Bertz CT molecular complexity index is 213. The summed E-state index contributed by atoms with van der Waals surface area (Å²) in [7, 11) is 0. The van der Waals surface area contributed by atoms with Gasteiger partial charge in [0.2, 0.25) is 0 Å². The standard InChI is InChI=1S/C13H24N2/c1-3-5-6-12(4-2)11-15-9-7-13(14)8-10-15/h4,6,13H,2-3,5,7-11,14H2,1H3/b12-6+. The summed E-state index contributed by atoms with van der Waals surface area (Å²) in [6.45, 7) is 9.41. The molecule has 0 aliphatic carbocycles. The van der Waals surface area contributed by atoms with E-state index in [2.05, 4.69) is 24.5 Å². The van der Waals surface area contributed by atoms with Crippen molar-refractivity contribution in [2.24, 2.45) is 5.73 Å². The molecule has 0 aromatic carbocycles. The first-order valence-electron chi connectivity index (χ1n) is 6.05. The zero-order valence-corrected chi connectivity index (χ0v) is 9.91. The molecule has 0 amide bonds. The highest BCUT2D eigenvalue weighted by atomic mass is 15.1. The predicted octanol–water partition coefficient (Wildman–Crippen LogP) is 2.32. The molecule has 1 fully saturated rings. The van der Waals surface area contributed by atoms with E-state index in [-0.39, 0.29) is 0 Å². The van der Waals surface area contributed by atoms with Gasteiger partial charge in [-0.2, -0.15) is 0 Å². The lowest BCUT2D eigenvalue weighted by Crippen LogP contribution is -2.40. The fourth-order valence-electron chi connectivity index (χ4n) is 1.91. The van der Waals surface area contributed by atoms with Gasteiger partial charge in [0.25, 0.3) is 0 Å². The van der Waals surface area contributed by atoms with Crippen molar-refractivity contribution in [3.05, 3.63) is 24.3 Å². The molecule has 1 heterocycles. The van der Waals surface area contributed by atoms with Gasteiger partial charge >= 0.3 is 0 Å². The number of likely N-dealkylation sites (tertiary alicyclic amines) is 1. The summed E-state index contributed by atoms with van der Waals surface area (Å²) in [5.41, 5.74) is 7.25. The molecule has 0 saturated carbocycles. The van der Waals surface area contributed by atoms with E-state index >= 15 is 0 Å². The van der Waals surface area contributed by atoms with Gasteiger partial charge in [-0.3, -0.25) is 4.90 Å². The molecule has 1 saturated heterocycles. The number of nitrogens with zero attached hydrogens (tertiary/aromatic N) is 1. The lowest BCUT2D eigenvalue weighted by Gasteiger charge is -2.30. The first kappa shape index (κ1) is 12.5. The van der Waals surface area contributed by atoms with E-state index in [1.165, 1.54) is 12.0 Å². The zero-order valence-electron chi connectivity index (χ0n) is 9.91. The average Bonchev–Trinajstić information content (AvgIpc) is 2.27. The lowest BCUT2D eigenvalue weighted by atomic mass is 10.1. The first-order chi connectivity index (χ1) is 7.26. The van der Waals surface area contributed by atoms with Crippen LogP contribution >= 0.6 is 0 Å². The van der Waals surface area contributed by atoms with Gasteiger partial charge in [-0.05, 0) is 37.9 Å². The van der Waals surface area contributed by atoms with Crippen molar-refractivity contribution in [3.63, 3.8) is 0 Å². The summed E-state index contributed by atoms with van der Waals surface area (Å²) < 4.78 is 0. The Morgan fingerprint density at radius 3 is 2.67 bits per heavy atom. The van der Waals surface area contributed by atoms with Gasteiger partial charge in [0.05, 0.1) is 0 Å². The predicted molar refractivity (Wildman–Crippen MR) is 66.8 cm³/mol. The third-order valence-corrected chi connectivity index (χ3v) is 3.00. The Hall–Kier alpha value is -0.600. The van der Waals surface area contributed by atoms with Crippen LogP contribution in [0.4, 0.5) is 0 Å². The van der Waals surface area contributed by atoms with Gasteiger partial charge in [-0.15, -0.1) is 0 Å². The highest BCUT2D eigenvalue weighted by molar-refractivity contribution is 5.18. The summed E-state index contributed by atoms with van der Waals surface area (Å²) in [6.07, 6.45) is 8.94. The van der Waals surface area contributed by atoms with Crippen LogP contribution in [0.25, 0.3) is 0 Å². The summed E-state index contributed by atoms with van der Waals surface area (Å²) in [5.74, 6) is 0. The molecule has 1 aliphatic rings. The second kappa shape index (κ2) is 6.81. The van der Waals surface area contributed by atoms with Crippen molar-refractivity contribution < 1.29 is 0 Å². The first-order valence-corrected chi connectivity index (χ1v) is 6.05. The fourth-order valence-corrected chi connectivity index (χ4v) is 1.91. The molecular weight excluding hydrogens is 184 g/mol. The molecule has 0 aromatic heterocycles. The SMILES string of the molecule is C=C/C(=C\CCC)CN1CCC(N)CC1. The van der Waals surface area contributed by atoms with Gasteiger partial charge < -0.3 is 5.73 Å². The second-order valence-corrected chi connectivity index (χ2v) is 4.39. The van der Waals surface area contributed by atoms with Gasteiger partial charge in [-0.25, -0.2) is 0 Å². The maximum atomic E-state index is 5.88. The van der Waals surface area contributed by atoms with Gasteiger partial charge in [0.15, 0.2) is 0 Å². The molecule has 2 N–H and O–H groups in total. The van der Waals surface area contributed by atoms with Crippen LogP contribution in [0.5, 0.6) is 0 Å². The summed E-state index contributed by atoms with van der Waals surface area (Å²) in [5, 5.41) is 0. The topological polar surface area (TPSA) is 29.3 Å². The van der Waals surface area contributed by atoms with Crippen LogP contribution in [0.3, 0.4) is 0 Å². The Morgan fingerprint density at radius 2 is 2.13 bits per heavy atom. The van der Waals surface area contributed by atoms with E-state index in [9.17, 15) is 0 Å². The normalized spacial score (nSPS) is 20.5. The number of hydrogen-bond donors (Lipinski definition) is 1. The monoisotopic (exact) mass is 208 g/mol. The molecule has 0 unspecified atom stereocenters. The maximum Gasteiger partial charge on any atom is 0.0230 e. The molecule has 0 spiro atoms. The Labute approximate surface area is 93.8 Å². The van der Waals surface area contributed by atoms with Crippen LogP contribution in [0.2, 0.25) is 0 Å². The molecule has 15 heavy (non-hydrogen) atoms. The fraction of sp³-hybridized carbons (Fsp3) is 0.692. The molecule has 0 radical (unpaired) electrons. The highest BCUT2D eigenvalue weighted by Crippen LogP contribution is 2.11. The third-order valence-electron chi connectivity index (χ3n) is 3.00. The molecule has 0 aromatic rings. The van der Waals surface area contributed by atoms with E-state index in [4.69, 9.17) is 5.73 Å². The molecule has 0 atom stereocenters. The second-order valence-electron chi connectivity index (χ2n) is 4.39. The zero-order chi connectivity index (χ0) is 11.1. The Kier molecular flexibility index (Phi) is 5.66. The van der Waals surface area contributed by atoms with Gasteiger partial charge in [0.1, 0.15) is 0 Å². The molecule has 86 valence electrons. The van der Waals surface area contributed by atoms with Crippen LogP contribution in [0, 0.1) is 0 Å². The lowest BCUT2D eigenvalue weighted by molar-refractivity contribution is 0.230. The number of allylic oxidation sites excluding steroid dienone is 1. The van der Waals surface area contributed by atoms with E-state index in [0.717, 1.165) is 38.9 Å². The number of nitrogens with two attached hydrogens (primary N) is 1. The molecule has 1 aliphatic heterocycles. The Morgan fingerprint density at radius 1 is 1.47 bits per heavy atom. The average molecular weight is 208 g/mol. The van der Waals surface area contributed by atoms with Crippen molar-refractivity contribution >= 4 is 0 Å². The van der Waals surface area contributed by atoms with Crippen molar-refractivity contribution in [1.29, 1.82) is 0 Å². The van der Waals surface area contributed by atoms with Crippen LogP contribution in [-0.4, -0.2) is 30.6 Å². The van der Waals surface area contributed by atoms with E-state index < -0.39 is 0 Å². The third kappa shape index (κ3) is 4.63. The summed E-state index contributed by atoms with van der Waals surface area (Å²) >= 11 is 0. The molecule has 0 bridgehead atoms. The summed E-state index contributed by atoms with van der Waals surface area (Å²) in [6, 6.07) is 0.424. The van der Waals surface area contributed by atoms with E-state index in [1.54, 1.807) is 0 Å². The minimum Gasteiger partial charge on any atom is -0.328 e. The van der Waals surface area contributed by atoms with E-state index in [0.29, 0.717) is 6.04 Å². The minimum absolute atomic E-state index is 0.424. The quantitative estimate of drug-likeness (QED) is 0.703. The molecule has 1 rings (SSSR count). The number of unbranched alkanes of at least 4 members (excludes halogenated alkanes) is 1. The van der Waals surface area contributed by atoms with Gasteiger partial charge in [-0.1, -0.05) is 32.1 Å². The van der Waals surface area contributed by atoms with Crippen molar-refractivity contribution in [3.8, 4) is 0 Å². The molecule has 2 nitrogen and oxygen atoms in total. The van der Waals surface area contributed by atoms with Gasteiger partial charge in [0, 0.05) is 12.6 Å². The minimum atomic E-state index is 0.424. The largest absolute Gasteiger partial charge is 0.328 e. The van der Waals surface area contributed by atoms with Crippen LogP contribution in [0.1, 0.15) is 32.6 Å². The van der Waals surface area contributed by atoms with Crippen LogP contribution < -0.4 is 5.73 Å². The van der Waals surface area contributed by atoms with Crippen LogP contribution in [0.15, 0.2) is 24.3 Å². The number of hydrogen-bond acceptors (Lipinski definition) is 2. The molecular formula is C13H24N2. The highest BCUT2D eigenvalue weighted by Gasteiger charge is 2.15. The van der Waals surface area contributed by atoms with Crippen molar-refractivity contribution in [1.82, 2.24) is 4.90 Å².